The van der Waals surface area contributed by atoms with E-state index >= 15 is 0 Å². The molecule has 2 fully saturated rings. The van der Waals surface area contributed by atoms with Gasteiger partial charge in [-0.1, -0.05) is 6.92 Å². The molecule has 2 aliphatic heterocycles. The summed E-state index contributed by atoms with van der Waals surface area (Å²) in [6.45, 7) is 8.01. The van der Waals surface area contributed by atoms with Crippen molar-refractivity contribution in [2.75, 3.05) is 44.2 Å². The first-order chi connectivity index (χ1) is 11.7. The zero-order chi connectivity index (χ0) is 16.8. The van der Waals surface area contributed by atoms with Gasteiger partial charge in [-0.3, -0.25) is 0 Å². The Bertz CT molecular complexity index is 478. The first-order valence-corrected chi connectivity index (χ1v) is 9.37. The maximum atomic E-state index is 10.3. The van der Waals surface area contributed by atoms with E-state index in [0.29, 0.717) is 12.6 Å². The van der Waals surface area contributed by atoms with Gasteiger partial charge in [-0.2, -0.15) is 5.10 Å². The lowest BCUT2D eigenvalue weighted by Crippen LogP contribution is -2.49. The van der Waals surface area contributed by atoms with E-state index in [1.165, 1.54) is 12.8 Å². The van der Waals surface area contributed by atoms with Gasteiger partial charge in [0.15, 0.2) is 5.82 Å². The average molecular weight is 333 g/mol. The molecule has 3 rings (SSSR count). The summed E-state index contributed by atoms with van der Waals surface area (Å²) in [6.07, 6.45) is 6.25. The van der Waals surface area contributed by atoms with E-state index in [1.807, 2.05) is 12.1 Å². The molecule has 2 aliphatic rings. The van der Waals surface area contributed by atoms with Crippen LogP contribution < -0.4 is 10.2 Å². The molecule has 0 unspecified atom stereocenters. The zero-order valence-corrected chi connectivity index (χ0v) is 14.8. The molecule has 6 heteroatoms. The van der Waals surface area contributed by atoms with Crippen LogP contribution >= 0.6 is 0 Å². The van der Waals surface area contributed by atoms with Crippen LogP contribution in [-0.2, 0) is 0 Å². The van der Waals surface area contributed by atoms with Crippen LogP contribution in [-0.4, -0.2) is 71.6 Å². The summed E-state index contributed by atoms with van der Waals surface area (Å²) in [5.74, 6) is 1.79. The van der Waals surface area contributed by atoms with Gasteiger partial charge >= 0.3 is 0 Å². The van der Waals surface area contributed by atoms with Crippen LogP contribution in [0.25, 0.3) is 0 Å². The number of nitrogens with zero attached hydrogens (tertiary/aromatic N) is 4. The van der Waals surface area contributed by atoms with Gasteiger partial charge in [0.1, 0.15) is 0 Å². The fraction of sp³-hybridized carbons (Fsp3) is 0.778. The summed E-state index contributed by atoms with van der Waals surface area (Å²) < 4.78 is 0. The standard InChI is InChI=1S/C18H31N5O/c1-15-6-10-22(11-7-15)14-17(24)12-19-16-4-3-9-23(13-16)18-5-2-8-20-21-18/h2,5,8,15-17,19,24H,3-4,6-7,9-14H2,1H3/t16-,17-/m0/s1. The lowest BCUT2D eigenvalue weighted by molar-refractivity contribution is 0.0883. The van der Waals surface area contributed by atoms with Crippen LogP contribution in [0.3, 0.4) is 0 Å². The minimum absolute atomic E-state index is 0.287. The number of rotatable bonds is 6. The Morgan fingerprint density at radius 2 is 2.12 bits per heavy atom. The van der Waals surface area contributed by atoms with Crippen molar-refractivity contribution in [3.63, 3.8) is 0 Å². The third-order valence-corrected chi connectivity index (χ3v) is 5.29. The Kier molecular flexibility index (Phi) is 6.40. The highest BCUT2D eigenvalue weighted by atomic mass is 16.3. The van der Waals surface area contributed by atoms with Crippen molar-refractivity contribution in [3.8, 4) is 0 Å². The first kappa shape index (κ1) is 17.6. The summed E-state index contributed by atoms with van der Waals surface area (Å²) in [6, 6.07) is 4.36. The summed E-state index contributed by atoms with van der Waals surface area (Å²) in [5.41, 5.74) is 0. The van der Waals surface area contributed by atoms with Crippen molar-refractivity contribution in [2.24, 2.45) is 5.92 Å². The van der Waals surface area contributed by atoms with Crippen molar-refractivity contribution in [1.82, 2.24) is 20.4 Å². The number of likely N-dealkylation sites (tertiary alicyclic amines) is 1. The molecule has 0 amide bonds. The predicted octanol–water partition coefficient (Wildman–Crippen LogP) is 1.13. The van der Waals surface area contributed by atoms with Gasteiger partial charge in [0.2, 0.25) is 0 Å². The van der Waals surface area contributed by atoms with Crippen LogP contribution in [0.4, 0.5) is 5.82 Å². The van der Waals surface area contributed by atoms with Gasteiger partial charge in [-0.05, 0) is 56.8 Å². The minimum atomic E-state index is -0.287. The lowest BCUT2D eigenvalue weighted by Gasteiger charge is -2.35. The van der Waals surface area contributed by atoms with Crippen molar-refractivity contribution in [2.45, 2.75) is 44.8 Å². The van der Waals surface area contributed by atoms with Gasteiger partial charge in [0.05, 0.1) is 6.10 Å². The van der Waals surface area contributed by atoms with E-state index < -0.39 is 0 Å². The van der Waals surface area contributed by atoms with Gasteiger partial charge in [-0.15, -0.1) is 5.10 Å². The normalized spacial score (nSPS) is 24.9. The molecular formula is C18H31N5O. The summed E-state index contributed by atoms with van der Waals surface area (Å²) in [7, 11) is 0. The van der Waals surface area contributed by atoms with Crippen LogP contribution in [0, 0.1) is 5.92 Å². The summed E-state index contributed by atoms with van der Waals surface area (Å²) >= 11 is 0. The molecule has 2 saturated heterocycles. The number of hydrogen-bond donors (Lipinski definition) is 2. The van der Waals surface area contributed by atoms with E-state index in [-0.39, 0.29) is 6.10 Å². The Balaban J connectivity index is 1.39. The van der Waals surface area contributed by atoms with Gasteiger partial charge in [0.25, 0.3) is 0 Å². The predicted molar refractivity (Wildman–Crippen MR) is 96.1 cm³/mol. The monoisotopic (exact) mass is 333 g/mol. The molecule has 3 heterocycles. The second kappa shape index (κ2) is 8.74. The van der Waals surface area contributed by atoms with Gasteiger partial charge < -0.3 is 20.2 Å². The third-order valence-electron chi connectivity index (χ3n) is 5.29. The van der Waals surface area contributed by atoms with Crippen LogP contribution in [0.15, 0.2) is 18.3 Å². The van der Waals surface area contributed by atoms with Crippen molar-refractivity contribution in [3.05, 3.63) is 18.3 Å². The molecule has 0 aromatic carbocycles. The molecule has 24 heavy (non-hydrogen) atoms. The van der Waals surface area contributed by atoms with E-state index in [2.05, 4.69) is 32.2 Å². The zero-order valence-electron chi connectivity index (χ0n) is 14.8. The summed E-state index contributed by atoms with van der Waals surface area (Å²) in [5, 5.41) is 22.1. The Labute approximate surface area is 145 Å². The maximum Gasteiger partial charge on any atom is 0.151 e. The quantitative estimate of drug-likeness (QED) is 0.814. The highest BCUT2D eigenvalue weighted by Gasteiger charge is 2.22. The fourth-order valence-corrected chi connectivity index (χ4v) is 3.72. The molecule has 6 nitrogen and oxygen atoms in total. The number of piperidine rings is 2. The van der Waals surface area contributed by atoms with Crippen LogP contribution in [0.2, 0.25) is 0 Å². The van der Waals surface area contributed by atoms with Crippen molar-refractivity contribution < 1.29 is 5.11 Å². The SMILES string of the molecule is CC1CCN(C[C@@H](O)CN[C@H]2CCCN(c3cccnn3)C2)CC1. The number of aromatic nitrogens is 2. The molecular weight excluding hydrogens is 302 g/mol. The Hall–Kier alpha value is -1.24. The molecule has 2 N–H and O–H groups in total. The Morgan fingerprint density at radius 1 is 1.29 bits per heavy atom. The fourth-order valence-electron chi connectivity index (χ4n) is 3.72. The number of nitrogens with one attached hydrogen (secondary N) is 1. The molecule has 0 saturated carbocycles. The second-order valence-corrected chi connectivity index (χ2v) is 7.41. The molecule has 0 spiro atoms. The molecule has 134 valence electrons. The van der Waals surface area contributed by atoms with E-state index in [4.69, 9.17) is 0 Å². The number of aliphatic hydroxyl groups excluding tert-OH is 1. The molecule has 0 bridgehead atoms. The Morgan fingerprint density at radius 3 is 2.88 bits per heavy atom. The lowest BCUT2D eigenvalue weighted by atomic mass is 9.99. The topological polar surface area (TPSA) is 64.5 Å². The highest BCUT2D eigenvalue weighted by Crippen LogP contribution is 2.17. The number of β-amino-alcohol motifs (C(OH)–C–C–N with tert-alkyl or cyclic N) is 1. The molecule has 0 aliphatic carbocycles. The maximum absolute atomic E-state index is 10.3. The van der Waals surface area contributed by atoms with E-state index in [1.54, 1.807) is 6.20 Å². The molecule has 0 radical (unpaired) electrons. The number of hydrogen-bond acceptors (Lipinski definition) is 6. The third kappa shape index (κ3) is 5.13. The van der Waals surface area contributed by atoms with Crippen molar-refractivity contribution in [1.29, 1.82) is 0 Å². The smallest absolute Gasteiger partial charge is 0.151 e. The van der Waals surface area contributed by atoms with Crippen LogP contribution in [0.1, 0.15) is 32.6 Å². The first-order valence-electron chi connectivity index (χ1n) is 9.37. The highest BCUT2D eigenvalue weighted by molar-refractivity contribution is 5.37. The van der Waals surface area contributed by atoms with Gasteiger partial charge in [-0.25, -0.2) is 0 Å². The second-order valence-electron chi connectivity index (χ2n) is 7.41. The number of aliphatic hydroxyl groups is 1. The van der Waals surface area contributed by atoms with Crippen molar-refractivity contribution >= 4 is 5.82 Å². The largest absolute Gasteiger partial charge is 0.390 e. The average Bonchev–Trinajstić information content (AvgIpc) is 2.63. The van der Waals surface area contributed by atoms with E-state index in [9.17, 15) is 5.11 Å². The van der Waals surface area contributed by atoms with Gasteiger partial charge in [0, 0.05) is 38.4 Å². The summed E-state index contributed by atoms with van der Waals surface area (Å²) in [4.78, 5) is 4.69. The molecule has 1 aromatic rings. The van der Waals surface area contributed by atoms with Crippen LogP contribution in [0.5, 0.6) is 0 Å². The molecule has 1 aromatic heterocycles. The molecule has 2 atom stereocenters. The minimum Gasteiger partial charge on any atom is -0.390 e. The van der Waals surface area contributed by atoms with E-state index in [0.717, 1.165) is 57.3 Å². The number of anilines is 1.